The summed E-state index contributed by atoms with van der Waals surface area (Å²) in [5.74, 6) is 0. The summed E-state index contributed by atoms with van der Waals surface area (Å²) >= 11 is 0. The molecule has 0 aliphatic heterocycles. The molecule has 5 nitrogen and oxygen atoms in total. The lowest BCUT2D eigenvalue weighted by Gasteiger charge is -2.06. The molecule has 0 saturated carbocycles. The van der Waals surface area contributed by atoms with Gasteiger partial charge in [0, 0.05) is 6.54 Å². The van der Waals surface area contributed by atoms with Gasteiger partial charge in [0.15, 0.2) is 0 Å². The quantitative estimate of drug-likeness (QED) is 0.457. The van der Waals surface area contributed by atoms with E-state index in [9.17, 15) is 8.42 Å². The van der Waals surface area contributed by atoms with Crippen LogP contribution < -0.4 is 4.72 Å². The summed E-state index contributed by atoms with van der Waals surface area (Å²) in [5, 5.41) is 0. The molecule has 0 rings (SSSR count). The topological polar surface area (TPSA) is 75.6 Å². The Labute approximate surface area is 66.6 Å². The van der Waals surface area contributed by atoms with Crippen LogP contribution in [-0.4, -0.2) is 32.2 Å². The molecule has 0 aromatic heterocycles. The van der Waals surface area contributed by atoms with Gasteiger partial charge in [-0.15, -0.1) is 0 Å². The van der Waals surface area contributed by atoms with E-state index in [0.717, 1.165) is 0 Å². The summed E-state index contributed by atoms with van der Waals surface area (Å²) in [4.78, 5) is 0. The third-order valence-corrected chi connectivity index (χ3v) is 1.41. The van der Waals surface area contributed by atoms with Gasteiger partial charge in [-0.2, -0.15) is 13.1 Å². The number of ether oxygens (including phenoxy) is 1. The zero-order chi connectivity index (χ0) is 8.91. The van der Waals surface area contributed by atoms with Gasteiger partial charge in [0.25, 0.3) is 0 Å². The van der Waals surface area contributed by atoms with Crippen molar-refractivity contribution in [3.8, 4) is 0 Å². The van der Waals surface area contributed by atoms with Gasteiger partial charge in [-0.25, -0.2) is 0 Å². The van der Waals surface area contributed by atoms with Crippen LogP contribution in [0.1, 0.15) is 13.8 Å². The molecule has 11 heavy (non-hydrogen) atoms. The predicted molar refractivity (Wildman–Crippen MR) is 40.6 cm³/mol. The van der Waals surface area contributed by atoms with Crippen molar-refractivity contribution in [2.24, 2.45) is 0 Å². The van der Waals surface area contributed by atoms with Gasteiger partial charge in [0.05, 0.1) is 12.7 Å². The van der Waals surface area contributed by atoms with E-state index in [2.05, 4.69) is 0 Å². The van der Waals surface area contributed by atoms with Crippen LogP contribution in [0.2, 0.25) is 0 Å². The normalized spacial score (nSPS) is 12.4. The van der Waals surface area contributed by atoms with E-state index >= 15 is 0 Å². The van der Waals surface area contributed by atoms with Gasteiger partial charge in [0.1, 0.15) is 0 Å². The molecule has 0 radical (unpaired) electrons. The fourth-order valence-electron chi connectivity index (χ4n) is 0.465. The smallest absolute Gasteiger partial charge is 0.333 e. The first kappa shape index (κ1) is 10.8. The highest BCUT2D eigenvalue weighted by Gasteiger charge is 2.01. The third-order valence-electron chi connectivity index (χ3n) is 0.838. The van der Waals surface area contributed by atoms with Crippen LogP contribution >= 0.6 is 0 Å². The van der Waals surface area contributed by atoms with Crippen LogP contribution in [0.25, 0.3) is 0 Å². The fraction of sp³-hybridized carbons (Fsp3) is 1.00. The monoisotopic (exact) mass is 183 g/mol. The Morgan fingerprint density at radius 2 is 2.09 bits per heavy atom. The zero-order valence-corrected chi connectivity index (χ0v) is 7.39. The Balaban J connectivity index is 3.30. The summed E-state index contributed by atoms with van der Waals surface area (Å²) < 4.78 is 35.2. The lowest BCUT2D eigenvalue weighted by Crippen LogP contribution is -2.27. The van der Waals surface area contributed by atoms with E-state index in [1.165, 1.54) is 0 Å². The maximum atomic E-state index is 10.1. The second-order valence-corrected chi connectivity index (χ2v) is 3.53. The zero-order valence-electron chi connectivity index (χ0n) is 6.57. The van der Waals surface area contributed by atoms with Gasteiger partial charge in [-0.1, -0.05) is 0 Å². The lowest BCUT2D eigenvalue weighted by molar-refractivity contribution is 0.0831. The number of hydrogen-bond donors (Lipinski definition) is 2. The molecule has 0 aromatic carbocycles. The Morgan fingerprint density at radius 3 is 2.45 bits per heavy atom. The molecule has 0 amide bonds. The van der Waals surface area contributed by atoms with Gasteiger partial charge in [-0.05, 0) is 13.8 Å². The molecule has 0 heterocycles. The molecule has 0 aliphatic carbocycles. The first-order chi connectivity index (χ1) is 4.92. The molecule has 0 saturated heterocycles. The Hall–Kier alpha value is -0.170. The second kappa shape index (κ2) is 4.66. The Kier molecular flexibility index (Phi) is 4.58. The van der Waals surface area contributed by atoms with Gasteiger partial charge in [-0.3, -0.25) is 4.55 Å². The maximum absolute atomic E-state index is 10.1. The minimum absolute atomic E-state index is 0.0678. The second-order valence-electron chi connectivity index (χ2n) is 2.29. The van der Waals surface area contributed by atoms with Crippen LogP contribution in [-0.2, 0) is 15.0 Å². The highest BCUT2D eigenvalue weighted by Crippen LogP contribution is 1.85. The fourth-order valence-corrected chi connectivity index (χ4v) is 0.807. The largest absolute Gasteiger partial charge is 0.377 e. The molecule has 0 fully saturated rings. The predicted octanol–water partition coefficient (Wildman–Crippen LogP) is -0.196. The lowest BCUT2D eigenvalue weighted by atomic mass is 10.5. The van der Waals surface area contributed by atoms with Crippen molar-refractivity contribution in [2.45, 2.75) is 20.0 Å². The van der Waals surface area contributed by atoms with E-state index in [0.29, 0.717) is 0 Å². The highest BCUT2D eigenvalue weighted by molar-refractivity contribution is 7.83. The molecular formula is C5H13NO4S. The van der Waals surface area contributed by atoms with Gasteiger partial charge >= 0.3 is 10.3 Å². The standard InChI is InChI=1S/C5H13NO4S/c1-5(2)10-4-3-6-11(7,8)9/h5-6H,3-4H2,1-2H3,(H,7,8,9). The molecule has 2 N–H and O–H groups in total. The number of rotatable bonds is 5. The molecule has 0 aromatic rings. The van der Waals surface area contributed by atoms with Gasteiger partial charge < -0.3 is 4.74 Å². The molecule has 0 bridgehead atoms. The summed E-state index contributed by atoms with van der Waals surface area (Å²) in [5.41, 5.74) is 0. The van der Waals surface area contributed by atoms with Crippen molar-refractivity contribution in [1.82, 2.24) is 4.72 Å². The summed E-state index contributed by atoms with van der Waals surface area (Å²) in [6, 6.07) is 0. The first-order valence-electron chi connectivity index (χ1n) is 3.25. The third kappa shape index (κ3) is 9.83. The first-order valence-corrected chi connectivity index (χ1v) is 4.69. The SMILES string of the molecule is CC(C)OCCNS(=O)(=O)O. The maximum Gasteiger partial charge on any atom is 0.333 e. The van der Waals surface area contributed by atoms with Crippen molar-refractivity contribution >= 4 is 10.3 Å². The summed E-state index contributed by atoms with van der Waals surface area (Å²) in [6.07, 6.45) is 0.0678. The van der Waals surface area contributed by atoms with Crippen molar-refractivity contribution < 1.29 is 17.7 Å². The number of nitrogens with one attached hydrogen (secondary N) is 1. The van der Waals surface area contributed by atoms with Crippen molar-refractivity contribution in [3.63, 3.8) is 0 Å². The minimum Gasteiger partial charge on any atom is -0.377 e. The van der Waals surface area contributed by atoms with Crippen LogP contribution in [0.4, 0.5) is 0 Å². The molecular weight excluding hydrogens is 170 g/mol. The molecule has 0 aliphatic rings. The van der Waals surface area contributed by atoms with E-state index in [1.807, 2.05) is 18.6 Å². The number of hydrogen-bond acceptors (Lipinski definition) is 3. The Bertz CT molecular complexity index is 187. The molecule has 0 unspecified atom stereocenters. The van der Waals surface area contributed by atoms with E-state index in [4.69, 9.17) is 9.29 Å². The highest BCUT2D eigenvalue weighted by atomic mass is 32.2. The van der Waals surface area contributed by atoms with Crippen LogP contribution in [0.3, 0.4) is 0 Å². The van der Waals surface area contributed by atoms with Crippen molar-refractivity contribution in [1.29, 1.82) is 0 Å². The van der Waals surface area contributed by atoms with Crippen molar-refractivity contribution in [3.05, 3.63) is 0 Å². The van der Waals surface area contributed by atoms with Crippen LogP contribution in [0.15, 0.2) is 0 Å². The molecule has 68 valence electrons. The Morgan fingerprint density at radius 1 is 1.55 bits per heavy atom. The molecule has 0 spiro atoms. The minimum atomic E-state index is -4.05. The summed E-state index contributed by atoms with van der Waals surface area (Å²) in [7, 11) is -4.05. The van der Waals surface area contributed by atoms with Crippen molar-refractivity contribution in [2.75, 3.05) is 13.2 Å². The average Bonchev–Trinajstić information content (AvgIpc) is 1.78. The molecule has 6 heteroatoms. The van der Waals surface area contributed by atoms with E-state index < -0.39 is 10.3 Å². The van der Waals surface area contributed by atoms with Gasteiger partial charge in [0.2, 0.25) is 0 Å². The van der Waals surface area contributed by atoms with Crippen LogP contribution in [0.5, 0.6) is 0 Å². The van der Waals surface area contributed by atoms with E-state index in [-0.39, 0.29) is 19.3 Å². The van der Waals surface area contributed by atoms with E-state index in [1.54, 1.807) is 0 Å². The average molecular weight is 183 g/mol. The summed E-state index contributed by atoms with van der Waals surface area (Å²) in [6.45, 7) is 4.04. The molecule has 0 atom stereocenters. The van der Waals surface area contributed by atoms with Crippen LogP contribution in [0, 0.1) is 0 Å².